The number of aryl methyl sites for hydroxylation is 2. The average molecular weight is 258 g/mol. The molecule has 0 aliphatic carbocycles. The van der Waals surface area contributed by atoms with Gasteiger partial charge in [0.2, 0.25) is 0 Å². The normalized spacial score (nSPS) is 10.3. The van der Waals surface area contributed by atoms with Gasteiger partial charge in [0.05, 0.1) is 6.26 Å². The second-order valence-corrected chi connectivity index (χ2v) is 4.78. The highest BCUT2D eigenvalue weighted by Gasteiger charge is 2.13. The van der Waals surface area contributed by atoms with Crippen LogP contribution in [-0.4, -0.2) is 20.0 Å². The SMILES string of the molecule is Cc1cc(N(C)C)ccc1NC(=O)c1occc1C. The number of hydrogen-bond donors (Lipinski definition) is 1. The monoisotopic (exact) mass is 258 g/mol. The van der Waals surface area contributed by atoms with E-state index in [1.807, 2.05) is 51.0 Å². The predicted molar refractivity (Wildman–Crippen MR) is 76.9 cm³/mol. The van der Waals surface area contributed by atoms with Gasteiger partial charge in [-0.2, -0.15) is 0 Å². The molecule has 1 heterocycles. The second-order valence-electron chi connectivity index (χ2n) is 4.78. The summed E-state index contributed by atoms with van der Waals surface area (Å²) in [5.74, 6) is 0.138. The highest BCUT2D eigenvalue weighted by atomic mass is 16.3. The van der Waals surface area contributed by atoms with Crippen molar-refractivity contribution < 1.29 is 9.21 Å². The van der Waals surface area contributed by atoms with Crippen molar-refractivity contribution in [1.82, 2.24) is 0 Å². The maximum Gasteiger partial charge on any atom is 0.291 e. The molecule has 0 fully saturated rings. The minimum absolute atomic E-state index is 0.219. The van der Waals surface area contributed by atoms with E-state index in [4.69, 9.17) is 4.42 Å². The van der Waals surface area contributed by atoms with Crippen molar-refractivity contribution in [3.63, 3.8) is 0 Å². The first-order chi connectivity index (χ1) is 8.99. The number of nitrogens with zero attached hydrogens (tertiary/aromatic N) is 1. The largest absolute Gasteiger partial charge is 0.459 e. The number of nitrogens with one attached hydrogen (secondary N) is 1. The van der Waals surface area contributed by atoms with Gasteiger partial charge in [0.25, 0.3) is 5.91 Å². The number of anilines is 2. The number of hydrogen-bond acceptors (Lipinski definition) is 3. The first kappa shape index (κ1) is 13.2. The zero-order chi connectivity index (χ0) is 14.0. The maximum absolute atomic E-state index is 12.1. The van der Waals surface area contributed by atoms with Crippen LogP contribution in [0.3, 0.4) is 0 Å². The Kier molecular flexibility index (Phi) is 3.60. The fraction of sp³-hybridized carbons (Fsp3) is 0.267. The molecule has 1 N–H and O–H groups in total. The van der Waals surface area contributed by atoms with Gasteiger partial charge < -0.3 is 14.6 Å². The smallest absolute Gasteiger partial charge is 0.291 e. The van der Waals surface area contributed by atoms with Crippen LogP contribution in [0.1, 0.15) is 21.7 Å². The molecule has 4 heteroatoms. The molecule has 0 aliphatic heterocycles. The van der Waals surface area contributed by atoms with E-state index in [0.29, 0.717) is 5.76 Å². The number of rotatable bonds is 3. The molecule has 2 aromatic rings. The molecule has 0 radical (unpaired) electrons. The molecule has 19 heavy (non-hydrogen) atoms. The zero-order valence-corrected chi connectivity index (χ0v) is 11.7. The van der Waals surface area contributed by atoms with Crippen molar-refractivity contribution in [2.45, 2.75) is 13.8 Å². The van der Waals surface area contributed by atoms with Gasteiger partial charge in [-0.25, -0.2) is 0 Å². The molecule has 0 saturated heterocycles. The summed E-state index contributed by atoms with van der Waals surface area (Å²) in [7, 11) is 3.97. The Hall–Kier alpha value is -2.23. The highest BCUT2D eigenvalue weighted by molar-refractivity contribution is 6.03. The van der Waals surface area contributed by atoms with Gasteiger partial charge >= 0.3 is 0 Å². The molecular formula is C15H18N2O2. The van der Waals surface area contributed by atoms with Crippen LogP contribution >= 0.6 is 0 Å². The van der Waals surface area contributed by atoms with Crippen molar-refractivity contribution in [3.05, 3.63) is 47.4 Å². The van der Waals surface area contributed by atoms with E-state index in [0.717, 1.165) is 22.5 Å². The van der Waals surface area contributed by atoms with Gasteiger partial charge in [-0.15, -0.1) is 0 Å². The predicted octanol–water partition coefficient (Wildman–Crippen LogP) is 3.21. The van der Waals surface area contributed by atoms with Crippen molar-refractivity contribution >= 4 is 17.3 Å². The molecule has 100 valence electrons. The molecule has 1 aromatic carbocycles. The Labute approximate surface area is 113 Å². The maximum atomic E-state index is 12.1. The van der Waals surface area contributed by atoms with Crippen molar-refractivity contribution in [3.8, 4) is 0 Å². The molecule has 0 aliphatic rings. The van der Waals surface area contributed by atoms with Crippen LogP contribution in [0.4, 0.5) is 11.4 Å². The summed E-state index contributed by atoms with van der Waals surface area (Å²) in [6.45, 7) is 3.82. The molecule has 0 saturated carbocycles. The van der Waals surface area contributed by atoms with Gasteiger partial charge in [-0.05, 0) is 43.7 Å². The lowest BCUT2D eigenvalue weighted by molar-refractivity contribution is 0.0996. The Morgan fingerprint density at radius 1 is 1.16 bits per heavy atom. The number of carbonyl (C=O) groups excluding carboxylic acids is 1. The fourth-order valence-electron chi connectivity index (χ4n) is 1.85. The van der Waals surface area contributed by atoms with E-state index < -0.39 is 0 Å². The number of carbonyl (C=O) groups is 1. The summed E-state index contributed by atoms with van der Waals surface area (Å²) in [5.41, 5.74) is 3.75. The minimum atomic E-state index is -0.219. The Bertz CT molecular complexity index is 600. The molecule has 0 unspecified atom stereocenters. The Morgan fingerprint density at radius 3 is 2.42 bits per heavy atom. The molecule has 0 bridgehead atoms. The van der Waals surface area contributed by atoms with Gasteiger partial charge in [0.15, 0.2) is 5.76 Å². The summed E-state index contributed by atoms with van der Waals surface area (Å²) in [4.78, 5) is 14.1. The topological polar surface area (TPSA) is 45.5 Å². The van der Waals surface area contributed by atoms with E-state index in [9.17, 15) is 4.79 Å². The van der Waals surface area contributed by atoms with Crippen LogP contribution in [0.2, 0.25) is 0 Å². The Balaban J connectivity index is 2.20. The first-order valence-electron chi connectivity index (χ1n) is 6.12. The quantitative estimate of drug-likeness (QED) is 0.919. The molecule has 1 aromatic heterocycles. The lowest BCUT2D eigenvalue weighted by atomic mass is 10.1. The fourth-order valence-corrected chi connectivity index (χ4v) is 1.85. The second kappa shape index (κ2) is 5.18. The summed E-state index contributed by atoms with van der Waals surface area (Å²) in [6, 6.07) is 7.68. The zero-order valence-electron chi connectivity index (χ0n) is 11.7. The summed E-state index contributed by atoms with van der Waals surface area (Å²) in [6.07, 6.45) is 1.52. The standard InChI is InChI=1S/C15H18N2O2/c1-10-7-8-19-14(10)15(18)16-13-6-5-12(17(3)4)9-11(13)2/h5-9H,1-4H3,(H,16,18). The van der Waals surface area contributed by atoms with Crippen molar-refractivity contribution in [1.29, 1.82) is 0 Å². The van der Waals surface area contributed by atoms with Crippen LogP contribution in [0.5, 0.6) is 0 Å². The van der Waals surface area contributed by atoms with Crippen molar-refractivity contribution in [2.24, 2.45) is 0 Å². The van der Waals surface area contributed by atoms with Gasteiger partial charge in [-0.1, -0.05) is 0 Å². The molecule has 0 atom stereocenters. The third kappa shape index (κ3) is 2.78. The molecule has 1 amide bonds. The van der Waals surface area contributed by atoms with Crippen LogP contribution < -0.4 is 10.2 Å². The van der Waals surface area contributed by atoms with Crippen LogP contribution in [0.15, 0.2) is 34.9 Å². The number of benzene rings is 1. The molecule has 2 rings (SSSR count). The van der Waals surface area contributed by atoms with Gasteiger partial charge in [-0.3, -0.25) is 4.79 Å². The van der Waals surface area contributed by atoms with Crippen LogP contribution in [-0.2, 0) is 0 Å². The van der Waals surface area contributed by atoms with Crippen LogP contribution in [0.25, 0.3) is 0 Å². The van der Waals surface area contributed by atoms with E-state index in [-0.39, 0.29) is 5.91 Å². The number of furan rings is 1. The van der Waals surface area contributed by atoms with E-state index in [2.05, 4.69) is 5.32 Å². The minimum Gasteiger partial charge on any atom is -0.459 e. The van der Waals surface area contributed by atoms with Crippen molar-refractivity contribution in [2.75, 3.05) is 24.3 Å². The van der Waals surface area contributed by atoms with Gasteiger partial charge in [0.1, 0.15) is 0 Å². The number of amides is 1. The van der Waals surface area contributed by atoms with E-state index >= 15 is 0 Å². The highest BCUT2D eigenvalue weighted by Crippen LogP contribution is 2.22. The molecule has 4 nitrogen and oxygen atoms in total. The molecule has 0 spiro atoms. The molecular weight excluding hydrogens is 240 g/mol. The van der Waals surface area contributed by atoms with Crippen LogP contribution in [0, 0.1) is 13.8 Å². The van der Waals surface area contributed by atoms with Gasteiger partial charge in [0, 0.05) is 31.0 Å². The van der Waals surface area contributed by atoms with E-state index in [1.54, 1.807) is 6.07 Å². The van der Waals surface area contributed by atoms with E-state index in [1.165, 1.54) is 6.26 Å². The summed E-state index contributed by atoms with van der Waals surface area (Å²) >= 11 is 0. The lowest BCUT2D eigenvalue weighted by Crippen LogP contribution is -2.14. The third-order valence-electron chi connectivity index (χ3n) is 3.04. The third-order valence-corrected chi connectivity index (χ3v) is 3.04. The summed E-state index contributed by atoms with van der Waals surface area (Å²) in [5, 5.41) is 2.87. The first-order valence-corrected chi connectivity index (χ1v) is 6.12. The lowest BCUT2D eigenvalue weighted by Gasteiger charge is -2.15. The Morgan fingerprint density at radius 2 is 1.89 bits per heavy atom. The average Bonchev–Trinajstić information content (AvgIpc) is 2.77. The summed E-state index contributed by atoms with van der Waals surface area (Å²) < 4.78 is 5.18.